The molecule has 0 amide bonds. The second-order valence-corrected chi connectivity index (χ2v) is 4.41. The van der Waals surface area contributed by atoms with E-state index in [2.05, 4.69) is 15.1 Å². The first-order valence-electron chi connectivity index (χ1n) is 6.12. The van der Waals surface area contributed by atoms with Crippen molar-refractivity contribution < 1.29 is 24.0 Å². The number of nitro benzene ring substituents is 1. The maximum absolute atomic E-state index is 13.1. The third kappa shape index (κ3) is 2.64. The molecule has 0 aliphatic rings. The zero-order valence-electron chi connectivity index (χ0n) is 11.2. The second-order valence-electron chi connectivity index (χ2n) is 4.41. The molecule has 3 rings (SSSR count). The van der Waals surface area contributed by atoms with Crippen molar-refractivity contribution in [2.45, 2.75) is 0 Å². The molecule has 10 heteroatoms. The zero-order valence-corrected chi connectivity index (χ0v) is 11.2. The first kappa shape index (κ1) is 14.4. The van der Waals surface area contributed by atoms with Crippen molar-refractivity contribution in [3.8, 4) is 34.3 Å². The molecule has 0 aliphatic carbocycles. The Labute approximate surface area is 126 Å². The van der Waals surface area contributed by atoms with Gasteiger partial charge in [-0.05, 0) is 12.1 Å². The molecule has 3 aromatic rings. The van der Waals surface area contributed by atoms with E-state index >= 15 is 0 Å². The van der Waals surface area contributed by atoms with Gasteiger partial charge in [0, 0.05) is 29.5 Å². The Bertz CT molecular complexity index is 911. The standard InChI is InChI=1S/C13H7FN4O5/c14-10-5-6(1-2-15-10)13-16-12(17-23-13)7-3-8(18(21)22)11(20)9(19)4-7/h1-5,19-20H. The Morgan fingerprint density at radius 1 is 1.22 bits per heavy atom. The third-order valence-electron chi connectivity index (χ3n) is 2.92. The number of nitrogens with zero attached hydrogens (tertiary/aromatic N) is 4. The number of hydrogen-bond donors (Lipinski definition) is 2. The Morgan fingerprint density at radius 2 is 2.00 bits per heavy atom. The second kappa shape index (κ2) is 5.33. The minimum Gasteiger partial charge on any atom is -0.504 e. The van der Waals surface area contributed by atoms with Gasteiger partial charge in [-0.3, -0.25) is 10.1 Å². The first-order valence-corrected chi connectivity index (χ1v) is 6.12. The summed E-state index contributed by atoms with van der Waals surface area (Å²) in [6.07, 6.45) is 1.21. The van der Waals surface area contributed by atoms with Gasteiger partial charge in [-0.2, -0.15) is 9.37 Å². The smallest absolute Gasteiger partial charge is 0.315 e. The monoisotopic (exact) mass is 318 g/mol. The highest BCUT2D eigenvalue weighted by atomic mass is 19.1. The summed E-state index contributed by atoms with van der Waals surface area (Å²) in [6.45, 7) is 0. The molecule has 0 aliphatic heterocycles. The number of hydrogen-bond acceptors (Lipinski definition) is 8. The SMILES string of the molecule is O=[N+]([O-])c1cc(-c2noc(-c3ccnc(F)c3)n2)cc(O)c1O. The van der Waals surface area contributed by atoms with Crippen LogP contribution in [-0.4, -0.2) is 30.3 Å². The van der Waals surface area contributed by atoms with Crippen LogP contribution in [0.1, 0.15) is 0 Å². The minimum atomic E-state index is -0.863. The molecule has 2 aromatic heterocycles. The van der Waals surface area contributed by atoms with Crippen LogP contribution in [0.2, 0.25) is 0 Å². The molecule has 0 unspecified atom stereocenters. The normalized spacial score (nSPS) is 10.7. The molecule has 0 fully saturated rings. The van der Waals surface area contributed by atoms with Crippen LogP contribution < -0.4 is 0 Å². The van der Waals surface area contributed by atoms with Crippen molar-refractivity contribution in [2.24, 2.45) is 0 Å². The lowest BCUT2D eigenvalue weighted by molar-refractivity contribution is -0.385. The molecule has 0 bridgehead atoms. The van der Waals surface area contributed by atoms with Crippen LogP contribution in [-0.2, 0) is 0 Å². The molecule has 2 heterocycles. The molecule has 23 heavy (non-hydrogen) atoms. The molecule has 2 N–H and O–H groups in total. The van der Waals surface area contributed by atoms with Crippen molar-refractivity contribution in [1.82, 2.24) is 15.1 Å². The summed E-state index contributed by atoms with van der Waals surface area (Å²) in [7, 11) is 0. The zero-order chi connectivity index (χ0) is 16.6. The predicted octanol–water partition coefficient (Wildman–Crippen LogP) is 2.26. The van der Waals surface area contributed by atoms with Gasteiger partial charge in [0.25, 0.3) is 5.89 Å². The van der Waals surface area contributed by atoms with E-state index in [0.29, 0.717) is 0 Å². The molecular weight excluding hydrogens is 311 g/mol. The highest BCUT2D eigenvalue weighted by Crippen LogP contribution is 2.38. The number of aromatic nitrogens is 3. The largest absolute Gasteiger partial charge is 0.504 e. The fourth-order valence-electron chi connectivity index (χ4n) is 1.87. The summed E-state index contributed by atoms with van der Waals surface area (Å²) in [6, 6.07) is 4.55. The van der Waals surface area contributed by atoms with E-state index in [9.17, 15) is 24.7 Å². The topological polar surface area (TPSA) is 135 Å². The minimum absolute atomic E-state index is 0.0310. The Kier molecular flexibility index (Phi) is 3.33. The quantitative estimate of drug-likeness (QED) is 0.325. The molecule has 0 saturated heterocycles. The van der Waals surface area contributed by atoms with Gasteiger partial charge in [0.2, 0.25) is 17.5 Å². The van der Waals surface area contributed by atoms with Crippen LogP contribution >= 0.6 is 0 Å². The average molecular weight is 318 g/mol. The highest BCUT2D eigenvalue weighted by Gasteiger charge is 2.22. The summed E-state index contributed by atoms with van der Waals surface area (Å²) in [5.74, 6) is -2.40. The molecule has 9 nitrogen and oxygen atoms in total. The van der Waals surface area contributed by atoms with Crippen molar-refractivity contribution >= 4 is 5.69 Å². The van der Waals surface area contributed by atoms with Crippen molar-refractivity contribution in [2.75, 3.05) is 0 Å². The van der Waals surface area contributed by atoms with Crippen LogP contribution in [0.4, 0.5) is 10.1 Å². The van der Waals surface area contributed by atoms with Crippen LogP contribution in [0.3, 0.4) is 0 Å². The summed E-state index contributed by atoms with van der Waals surface area (Å²) >= 11 is 0. The van der Waals surface area contributed by atoms with Crippen LogP contribution in [0.5, 0.6) is 11.5 Å². The number of halogens is 1. The summed E-state index contributed by atoms with van der Waals surface area (Å²) < 4.78 is 18.0. The van der Waals surface area contributed by atoms with Crippen LogP contribution in [0, 0.1) is 16.1 Å². The Hall–Kier alpha value is -3.56. The lowest BCUT2D eigenvalue weighted by Crippen LogP contribution is -1.91. The van der Waals surface area contributed by atoms with Gasteiger partial charge in [0.15, 0.2) is 5.75 Å². The number of phenolic OH excluding ortho intramolecular Hbond substituents is 2. The molecule has 0 atom stereocenters. The van der Waals surface area contributed by atoms with E-state index < -0.39 is 28.1 Å². The summed E-state index contributed by atoms with van der Waals surface area (Å²) in [5, 5.41) is 33.5. The molecule has 0 spiro atoms. The number of phenols is 2. The van der Waals surface area contributed by atoms with E-state index in [-0.39, 0.29) is 22.8 Å². The maximum Gasteiger partial charge on any atom is 0.315 e. The lowest BCUT2D eigenvalue weighted by Gasteiger charge is -2.01. The van der Waals surface area contributed by atoms with Gasteiger partial charge in [0.05, 0.1) is 4.92 Å². The van der Waals surface area contributed by atoms with E-state index in [4.69, 9.17) is 4.52 Å². The number of benzene rings is 1. The highest BCUT2D eigenvalue weighted by molar-refractivity contribution is 5.69. The van der Waals surface area contributed by atoms with Crippen molar-refractivity contribution in [1.29, 1.82) is 0 Å². The molecular formula is C13H7FN4O5. The van der Waals surface area contributed by atoms with E-state index in [1.54, 1.807) is 0 Å². The van der Waals surface area contributed by atoms with Gasteiger partial charge < -0.3 is 14.7 Å². The number of rotatable bonds is 3. The fraction of sp³-hybridized carbons (Fsp3) is 0. The molecule has 0 radical (unpaired) electrons. The van der Waals surface area contributed by atoms with E-state index in [1.165, 1.54) is 12.3 Å². The lowest BCUT2D eigenvalue weighted by atomic mass is 10.1. The van der Waals surface area contributed by atoms with Crippen molar-refractivity contribution in [3.63, 3.8) is 0 Å². The van der Waals surface area contributed by atoms with E-state index in [0.717, 1.165) is 18.2 Å². The van der Waals surface area contributed by atoms with E-state index in [1.807, 2.05) is 0 Å². The van der Waals surface area contributed by atoms with Crippen LogP contribution in [0.15, 0.2) is 35.0 Å². The summed E-state index contributed by atoms with van der Waals surface area (Å²) in [5.41, 5.74) is -0.383. The maximum atomic E-state index is 13.1. The Morgan fingerprint density at radius 3 is 2.70 bits per heavy atom. The number of aromatic hydroxyl groups is 2. The number of nitro groups is 1. The fourth-order valence-corrected chi connectivity index (χ4v) is 1.87. The molecule has 0 saturated carbocycles. The predicted molar refractivity (Wildman–Crippen MR) is 72.9 cm³/mol. The van der Waals surface area contributed by atoms with Gasteiger partial charge in [-0.15, -0.1) is 0 Å². The summed E-state index contributed by atoms with van der Waals surface area (Å²) in [4.78, 5) is 17.3. The average Bonchev–Trinajstić information content (AvgIpc) is 2.99. The van der Waals surface area contributed by atoms with Gasteiger partial charge in [0.1, 0.15) is 0 Å². The molecule has 116 valence electrons. The number of pyridine rings is 1. The van der Waals surface area contributed by atoms with Gasteiger partial charge in [-0.25, -0.2) is 4.98 Å². The third-order valence-corrected chi connectivity index (χ3v) is 2.92. The van der Waals surface area contributed by atoms with Gasteiger partial charge >= 0.3 is 5.69 Å². The van der Waals surface area contributed by atoms with Crippen LogP contribution in [0.25, 0.3) is 22.8 Å². The Balaban J connectivity index is 2.06. The first-order chi connectivity index (χ1) is 11.0. The van der Waals surface area contributed by atoms with Gasteiger partial charge in [-0.1, -0.05) is 5.16 Å². The van der Waals surface area contributed by atoms with Crippen molar-refractivity contribution in [3.05, 3.63) is 46.5 Å². The molecule has 1 aromatic carbocycles.